The summed E-state index contributed by atoms with van der Waals surface area (Å²) in [5.74, 6) is -1.28. The number of carbonyl (C=O) groups is 2. The van der Waals surface area contributed by atoms with E-state index in [1.807, 2.05) is 0 Å². The van der Waals surface area contributed by atoms with Gasteiger partial charge in [0.15, 0.2) is 0 Å². The van der Waals surface area contributed by atoms with E-state index in [0.29, 0.717) is 13.0 Å². The molecule has 2 fully saturated rings. The van der Waals surface area contributed by atoms with Crippen molar-refractivity contribution in [3.05, 3.63) is 33.6 Å². The lowest BCUT2D eigenvalue weighted by atomic mass is 10.1. The minimum Gasteiger partial charge on any atom is -0.352 e. The molecular formula is C15H15Cl2FN2O2. The second-order valence-corrected chi connectivity index (χ2v) is 6.50. The molecule has 1 aromatic rings. The predicted molar refractivity (Wildman–Crippen MR) is 81.6 cm³/mol. The molecule has 7 heteroatoms. The van der Waals surface area contributed by atoms with Gasteiger partial charge in [0.25, 0.3) is 5.91 Å². The Hall–Kier alpha value is -1.33. The van der Waals surface area contributed by atoms with Gasteiger partial charge in [0.1, 0.15) is 11.9 Å². The fourth-order valence-corrected chi connectivity index (χ4v) is 3.11. The molecule has 2 aliphatic rings. The summed E-state index contributed by atoms with van der Waals surface area (Å²) in [5, 5.41) is 2.86. The number of halogens is 3. The van der Waals surface area contributed by atoms with Crippen molar-refractivity contribution in [3.8, 4) is 0 Å². The quantitative estimate of drug-likeness (QED) is 0.857. The van der Waals surface area contributed by atoms with Crippen LogP contribution in [0.3, 0.4) is 0 Å². The number of rotatable bonds is 3. The Labute approximate surface area is 137 Å². The summed E-state index contributed by atoms with van der Waals surface area (Å²) in [6.45, 7) is 0.460. The highest BCUT2D eigenvalue weighted by molar-refractivity contribution is 6.36. The molecule has 0 bridgehead atoms. The SMILES string of the molecule is O=C(NC1CC1)[C@@H]1CCCN1C(=O)c1cc(F)c(Cl)cc1Cl. The summed E-state index contributed by atoms with van der Waals surface area (Å²) in [4.78, 5) is 26.3. The van der Waals surface area contributed by atoms with Crippen LogP contribution in [-0.4, -0.2) is 35.3 Å². The van der Waals surface area contributed by atoms with Crippen LogP contribution in [-0.2, 0) is 4.79 Å². The number of hydrogen-bond donors (Lipinski definition) is 1. The molecule has 118 valence electrons. The van der Waals surface area contributed by atoms with Gasteiger partial charge < -0.3 is 10.2 Å². The van der Waals surface area contributed by atoms with Crippen LogP contribution in [0.5, 0.6) is 0 Å². The second kappa shape index (κ2) is 6.05. The van der Waals surface area contributed by atoms with Gasteiger partial charge in [-0.1, -0.05) is 23.2 Å². The van der Waals surface area contributed by atoms with Gasteiger partial charge in [-0.25, -0.2) is 4.39 Å². The summed E-state index contributed by atoms with van der Waals surface area (Å²) in [5.41, 5.74) is 0.0367. The molecule has 1 aromatic carbocycles. The van der Waals surface area contributed by atoms with Crippen LogP contribution in [0.15, 0.2) is 12.1 Å². The van der Waals surface area contributed by atoms with Crippen molar-refractivity contribution < 1.29 is 14.0 Å². The van der Waals surface area contributed by atoms with E-state index in [1.54, 1.807) is 0 Å². The van der Waals surface area contributed by atoms with E-state index in [0.717, 1.165) is 25.3 Å². The van der Waals surface area contributed by atoms with Crippen LogP contribution in [0.2, 0.25) is 10.0 Å². The van der Waals surface area contributed by atoms with E-state index in [2.05, 4.69) is 5.32 Å². The molecule has 0 aromatic heterocycles. The summed E-state index contributed by atoms with van der Waals surface area (Å²) in [6.07, 6.45) is 3.32. The van der Waals surface area contributed by atoms with Crippen molar-refractivity contribution in [1.29, 1.82) is 0 Å². The van der Waals surface area contributed by atoms with Gasteiger partial charge in [0, 0.05) is 12.6 Å². The Morgan fingerprint density at radius 2 is 1.91 bits per heavy atom. The van der Waals surface area contributed by atoms with Crippen molar-refractivity contribution in [2.45, 2.75) is 37.8 Å². The first kappa shape index (κ1) is 15.6. The normalized spacial score (nSPS) is 21.0. The third-order valence-electron chi connectivity index (χ3n) is 3.98. The molecule has 22 heavy (non-hydrogen) atoms. The van der Waals surface area contributed by atoms with Gasteiger partial charge in [0.2, 0.25) is 5.91 Å². The van der Waals surface area contributed by atoms with Gasteiger partial charge in [0.05, 0.1) is 15.6 Å². The fourth-order valence-electron chi connectivity index (χ4n) is 2.65. The smallest absolute Gasteiger partial charge is 0.256 e. The lowest BCUT2D eigenvalue weighted by Gasteiger charge is -2.24. The van der Waals surface area contributed by atoms with Crippen molar-refractivity contribution in [2.75, 3.05) is 6.54 Å². The fraction of sp³-hybridized carbons (Fsp3) is 0.467. The molecule has 1 N–H and O–H groups in total. The minimum absolute atomic E-state index is 0.0367. The molecule has 4 nitrogen and oxygen atoms in total. The maximum absolute atomic E-state index is 13.6. The molecule has 0 radical (unpaired) electrons. The summed E-state index contributed by atoms with van der Waals surface area (Å²) in [7, 11) is 0. The third-order valence-corrected chi connectivity index (χ3v) is 4.58. The van der Waals surface area contributed by atoms with Crippen molar-refractivity contribution in [1.82, 2.24) is 10.2 Å². The highest BCUT2D eigenvalue weighted by atomic mass is 35.5. The van der Waals surface area contributed by atoms with E-state index in [-0.39, 0.29) is 27.6 Å². The first-order valence-electron chi connectivity index (χ1n) is 7.23. The number of carbonyl (C=O) groups excluding carboxylic acids is 2. The van der Waals surface area contributed by atoms with E-state index in [9.17, 15) is 14.0 Å². The average molecular weight is 345 g/mol. The maximum atomic E-state index is 13.6. The van der Waals surface area contributed by atoms with E-state index in [4.69, 9.17) is 23.2 Å². The van der Waals surface area contributed by atoms with Gasteiger partial charge >= 0.3 is 0 Å². The molecule has 1 aliphatic carbocycles. The zero-order valence-corrected chi connectivity index (χ0v) is 13.3. The van der Waals surface area contributed by atoms with Crippen LogP contribution in [0.25, 0.3) is 0 Å². The zero-order valence-electron chi connectivity index (χ0n) is 11.7. The number of likely N-dealkylation sites (tertiary alicyclic amines) is 1. The molecule has 0 spiro atoms. The van der Waals surface area contributed by atoms with Crippen molar-refractivity contribution >= 4 is 35.0 Å². The highest BCUT2D eigenvalue weighted by Crippen LogP contribution is 2.28. The van der Waals surface area contributed by atoms with Gasteiger partial charge in [-0.2, -0.15) is 0 Å². The Morgan fingerprint density at radius 1 is 1.18 bits per heavy atom. The number of nitrogens with one attached hydrogen (secondary N) is 1. The van der Waals surface area contributed by atoms with E-state index in [1.165, 1.54) is 11.0 Å². The summed E-state index contributed by atoms with van der Waals surface area (Å²) >= 11 is 11.6. The number of nitrogens with zero attached hydrogens (tertiary/aromatic N) is 1. The van der Waals surface area contributed by atoms with E-state index < -0.39 is 17.8 Å². The van der Waals surface area contributed by atoms with Crippen LogP contribution >= 0.6 is 23.2 Å². The molecule has 0 unspecified atom stereocenters. The van der Waals surface area contributed by atoms with Crippen LogP contribution < -0.4 is 5.32 Å². The monoisotopic (exact) mass is 344 g/mol. The average Bonchev–Trinajstić information content (AvgIpc) is 3.14. The molecule has 1 aliphatic heterocycles. The van der Waals surface area contributed by atoms with E-state index >= 15 is 0 Å². The second-order valence-electron chi connectivity index (χ2n) is 5.69. The largest absolute Gasteiger partial charge is 0.352 e. The zero-order chi connectivity index (χ0) is 15.9. The Bertz CT molecular complexity index is 634. The van der Waals surface area contributed by atoms with Gasteiger partial charge in [-0.05, 0) is 37.8 Å². The lowest BCUT2D eigenvalue weighted by Crippen LogP contribution is -2.46. The highest BCUT2D eigenvalue weighted by Gasteiger charge is 2.37. The van der Waals surface area contributed by atoms with Gasteiger partial charge in [-0.15, -0.1) is 0 Å². The Kier molecular flexibility index (Phi) is 4.28. The summed E-state index contributed by atoms with van der Waals surface area (Å²) < 4.78 is 13.6. The molecule has 1 saturated carbocycles. The molecule has 1 heterocycles. The molecule has 2 amide bonds. The standard InChI is InChI=1S/C15H15Cl2FN2O2/c16-10-7-11(17)12(18)6-9(10)15(22)20-5-1-2-13(20)14(21)19-8-3-4-8/h6-8,13H,1-5H2,(H,19,21)/t13-/m0/s1. The number of amides is 2. The summed E-state index contributed by atoms with van der Waals surface area (Å²) in [6, 6.07) is 1.96. The Morgan fingerprint density at radius 3 is 2.59 bits per heavy atom. The van der Waals surface area contributed by atoms with Crippen LogP contribution in [0.4, 0.5) is 4.39 Å². The molecular weight excluding hydrogens is 330 g/mol. The number of benzene rings is 1. The molecule has 1 saturated heterocycles. The van der Waals surface area contributed by atoms with Crippen LogP contribution in [0.1, 0.15) is 36.0 Å². The number of hydrogen-bond acceptors (Lipinski definition) is 2. The first-order chi connectivity index (χ1) is 10.5. The molecule has 1 atom stereocenters. The minimum atomic E-state index is -0.701. The van der Waals surface area contributed by atoms with Crippen molar-refractivity contribution in [2.24, 2.45) is 0 Å². The lowest BCUT2D eigenvalue weighted by molar-refractivity contribution is -0.125. The maximum Gasteiger partial charge on any atom is 0.256 e. The third kappa shape index (κ3) is 3.06. The molecule has 3 rings (SSSR count). The Balaban J connectivity index is 1.81. The topological polar surface area (TPSA) is 49.4 Å². The van der Waals surface area contributed by atoms with Gasteiger partial charge in [-0.3, -0.25) is 9.59 Å². The predicted octanol–water partition coefficient (Wildman–Crippen LogP) is 3.02. The van der Waals surface area contributed by atoms with Crippen molar-refractivity contribution in [3.63, 3.8) is 0 Å². The van der Waals surface area contributed by atoms with Crippen LogP contribution in [0, 0.1) is 5.82 Å². The first-order valence-corrected chi connectivity index (χ1v) is 7.99.